The third kappa shape index (κ3) is 9.86. The van der Waals surface area contributed by atoms with Crippen LogP contribution in [0.25, 0.3) is 11.1 Å². The lowest BCUT2D eigenvalue weighted by Gasteiger charge is -2.13. The number of pyridine rings is 1. The Kier molecular flexibility index (Phi) is 11.2. The van der Waals surface area contributed by atoms with Crippen LogP contribution in [-0.2, 0) is 17.8 Å². The van der Waals surface area contributed by atoms with Crippen LogP contribution in [-0.4, -0.2) is 34.0 Å². The zero-order chi connectivity index (χ0) is 24.7. The van der Waals surface area contributed by atoms with Crippen molar-refractivity contribution in [3.8, 4) is 11.1 Å². The molecule has 5 N–H and O–H groups in total. The summed E-state index contributed by atoms with van der Waals surface area (Å²) < 4.78 is 0. The molecule has 7 nitrogen and oxygen atoms in total. The third-order valence-corrected chi connectivity index (χ3v) is 5.86. The number of rotatable bonds is 15. The minimum absolute atomic E-state index is 0.313. The van der Waals surface area contributed by atoms with E-state index in [1.807, 2.05) is 48.7 Å². The number of benzene rings is 2. The lowest BCUT2D eigenvalue weighted by Crippen LogP contribution is -2.30. The normalized spacial score (nSPS) is 11.7. The molecule has 186 valence electrons. The molecule has 1 heterocycles. The molecule has 1 aromatic heterocycles. The lowest BCUT2D eigenvalue weighted by molar-refractivity contribution is -0.129. The number of hydroxylamine groups is 1. The SMILES string of the molecule is O=C(CCCCCCCNc1ccc(-c2ccc(CC(O)NCc3ccccc3)nc2)cc1)NO. The Morgan fingerprint density at radius 3 is 2.29 bits per heavy atom. The van der Waals surface area contributed by atoms with E-state index < -0.39 is 6.23 Å². The predicted molar refractivity (Wildman–Crippen MR) is 139 cm³/mol. The van der Waals surface area contributed by atoms with Gasteiger partial charge in [0.1, 0.15) is 6.23 Å². The van der Waals surface area contributed by atoms with Gasteiger partial charge in [0.25, 0.3) is 0 Å². The Morgan fingerprint density at radius 1 is 0.857 bits per heavy atom. The molecule has 1 unspecified atom stereocenters. The molecule has 35 heavy (non-hydrogen) atoms. The standard InChI is InChI=1S/C28H36N4O3/c33-27(32-35)11-7-2-1-3-8-18-29-25-15-12-23(13-16-25)24-14-17-26(30-21-24)19-28(34)31-20-22-9-5-4-6-10-22/h4-6,9-10,12-17,21,28-29,31,34-35H,1-3,7-8,11,18-20H2,(H,32,33). The van der Waals surface area contributed by atoms with Crippen LogP contribution in [0.1, 0.15) is 49.8 Å². The second kappa shape index (κ2) is 14.9. The van der Waals surface area contributed by atoms with Gasteiger partial charge in [-0.05, 0) is 42.2 Å². The second-order valence-corrected chi connectivity index (χ2v) is 8.68. The molecule has 1 amide bonds. The van der Waals surface area contributed by atoms with Crippen molar-refractivity contribution in [1.82, 2.24) is 15.8 Å². The molecule has 3 aromatic rings. The number of aliphatic hydroxyl groups is 1. The first-order valence-corrected chi connectivity index (χ1v) is 12.3. The van der Waals surface area contributed by atoms with E-state index in [-0.39, 0.29) is 5.91 Å². The first-order chi connectivity index (χ1) is 17.1. The Morgan fingerprint density at radius 2 is 1.57 bits per heavy atom. The van der Waals surface area contributed by atoms with Gasteiger partial charge >= 0.3 is 0 Å². The molecule has 0 radical (unpaired) electrons. The molecule has 0 aliphatic carbocycles. The highest BCUT2D eigenvalue weighted by Crippen LogP contribution is 2.21. The summed E-state index contributed by atoms with van der Waals surface area (Å²) in [5.74, 6) is -0.313. The van der Waals surface area contributed by atoms with E-state index in [9.17, 15) is 9.90 Å². The molecule has 0 fully saturated rings. The Labute approximate surface area is 207 Å². The number of hydrogen-bond donors (Lipinski definition) is 5. The summed E-state index contributed by atoms with van der Waals surface area (Å²) in [6, 6.07) is 22.3. The number of hydrogen-bond acceptors (Lipinski definition) is 6. The number of nitrogens with one attached hydrogen (secondary N) is 3. The Hall–Kier alpha value is -3.26. The molecule has 0 bridgehead atoms. The molecule has 0 spiro atoms. The maximum atomic E-state index is 10.9. The third-order valence-electron chi connectivity index (χ3n) is 5.86. The van der Waals surface area contributed by atoms with E-state index in [0.29, 0.717) is 19.4 Å². The molecule has 0 aliphatic rings. The zero-order valence-electron chi connectivity index (χ0n) is 20.1. The number of amides is 1. The van der Waals surface area contributed by atoms with Crippen molar-refractivity contribution in [2.75, 3.05) is 11.9 Å². The molecule has 0 saturated carbocycles. The van der Waals surface area contributed by atoms with E-state index in [2.05, 4.69) is 39.9 Å². The van der Waals surface area contributed by atoms with Gasteiger partial charge < -0.3 is 10.4 Å². The van der Waals surface area contributed by atoms with Crippen LogP contribution in [0, 0.1) is 0 Å². The molecule has 1 atom stereocenters. The monoisotopic (exact) mass is 476 g/mol. The van der Waals surface area contributed by atoms with Crippen molar-refractivity contribution in [2.45, 2.75) is 57.7 Å². The second-order valence-electron chi connectivity index (χ2n) is 8.68. The van der Waals surface area contributed by atoms with Gasteiger partial charge in [0.2, 0.25) is 5.91 Å². The van der Waals surface area contributed by atoms with Crippen LogP contribution in [0.15, 0.2) is 72.9 Å². The van der Waals surface area contributed by atoms with Gasteiger partial charge in [-0.1, -0.05) is 67.8 Å². The molecule has 0 aliphatic heterocycles. The fraction of sp³-hybridized carbons (Fsp3) is 0.357. The van der Waals surface area contributed by atoms with Gasteiger partial charge in [-0.3, -0.25) is 20.3 Å². The highest BCUT2D eigenvalue weighted by atomic mass is 16.5. The Balaban J connectivity index is 1.34. The number of unbranched alkanes of at least 4 members (excludes halogenated alkanes) is 4. The topological polar surface area (TPSA) is 107 Å². The fourth-order valence-electron chi connectivity index (χ4n) is 3.83. The van der Waals surface area contributed by atoms with Crippen molar-refractivity contribution in [2.24, 2.45) is 0 Å². The maximum Gasteiger partial charge on any atom is 0.243 e. The van der Waals surface area contributed by atoms with Gasteiger partial charge in [-0.2, -0.15) is 0 Å². The van der Waals surface area contributed by atoms with Crippen LogP contribution in [0.2, 0.25) is 0 Å². The van der Waals surface area contributed by atoms with Gasteiger partial charge in [-0.15, -0.1) is 0 Å². The van der Waals surface area contributed by atoms with Crippen LogP contribution in [0.4, 0.5) is 5.69 Å². The van der Waals surface area contributed by atoms with Crippen LogP contribution < -0.4 is 16.1 Å². The number of carbonyl (C=O) groups is 1. The molecule has 0 saturated heterocycles. The molecular formula is C28H36N4O3. The fourth-order valence-corrected chi connectivity index (χ4v) is 3.83. The van der Waals surface area contributed by atoms with E-state index in [4.69, 9.17) is 5.21 Å². The molecule has 3 rings (SSSR count). The number of nitrogens with zero attached hydrogens (tertiary/aromatic N) is 1. The van der Waals surface area contributed by atoms with Crippen molar-refractivity contribution < 1.29 is 15.1 Å². The van der Waals surface area contributed by atoms with Crippen molar-refractivity contribution in [3.63, 3.8) is 0 Å². The maximum absolute atomic E-state index is 10.9. The number of carbonyl (C=O) groups excluding carboxylic acids is 1. The summed E-state index contributed by atoms with van der Waals surface area (Å²) in [6.45, 7) is 1.53. The number of aromatic nitrogens is 1. The molecule has 7 heteroatoms. The van der Waals surface area contributed by atoms with Gasteiger partial charge in [0.05, 0.1) is 0 Å². The smallest absolute Gasteiger partial charge is 0.243 e. The summed E-state index contributed by atoms with van der Waals surface area (Å²) >= 11 is 0. The van der Waals surface area contributed by atoms with Crippen LogP contribution >= 0.6 is 0 Å². The van der Waals surface area contributed by atoms with E-state index in [1.165, 1.54) is 0 Å². The van der Waals surface area contributed by atoms with Gasteiger partial charge in [0.15, 0.2) is 0 Å². The first kappa shape index (κ1) is 26.3. The highest BCUT2D eigenvalue weighted by molar-refractivity contribution is 5.74. The average molecular weight is 477 g/mol. The van der Waals surface area contributed by atoms with Crippen molar-refractivity contribution in [3.05, 3.63) is 84.2 Å². The van der Waals surface area contributed by atoms with Crippen molar-refractivity contribution in [1.29, 1.82) is 0 Å². The summed E-state index contributed by atoms with van der Waals surface area (Å²) in [6.07, 6.45) is 7.12. The predicted octanol–water partition coefficient (Wildman–Crippen LogP) is 4.66. The highest BCUT2D eigenvalue weighted by Gasteiger charge is 2.07. The van der Waals surface area contributed by atoms with Crippen LogP contribution in [0.5, 0.6) is 0 Å². The minimum atomic E-state index is -0.647. The summed E-state index contributed by atoms with van der Waals surface area (Å²) in [5, 5.41) is 25.3. The molecule has 2 aromatic carbocycles. The van der Waals surface area contributed by atoms with E-state index in [0.717, 1.165) is 66.7 Å². The zero-order valence-corrected chi connectivity index (χ0v) is 20.1. The van der Waals surface area contributed by atoms with Gasteiger partial charge in [-0.25, -0.2) is 5.48 Å². The Bertz CT molecular complexity index is 995. The quantitative estimate of drug-likeness (QED) is 0.0946. The minimum Gasteiger partial charge on any atom is -0.385 e. The molecular weight excluding hydrogens is 440 g/mol. The van der Waals surface area contributed by atoms with Crippen molar-refractivity contribution >= 4 is 11.6 Å². The largest absolute Gasteiger partial charge is 0.385 e. The van der Waals surface area contributed by atoms with E-state index >= 15 is 0 Å². The van der Waals surface area contributed by atoms with Crippen LogP contribution in [0.3, 0.4) is 0 Å². The number of anilines is 1. The number of aliphatic hydroxyl groups excluding tert-OH is 1. The summed E-state index contributed by atoms with van der Waals surface area (Å²) in [7, 11) is 0. The average Bonchev–Trinajstić information content (AvgIpc) is 2.90. The van der Waals surface area contributed by atoms with Gasteiger partial charge in [0, 0.05) is 49.1 Å². The van der Waals surface area contributed by atoms with E-state index in [1.54, 1.807) is 5.48 Å². The lowest BCUT2D eigenvalue weighted by atomic mass is 10.1. The summed E-state index contributed by atoms with van der Waals surface area (Å²) in [4.78, 5) is 15.5. The summed E-state index contributed by atoms with van der Waals surface area (Å²) in [5.41, 5.74) is 6.87. The first-order valence-electron chi connectivity index (χ1n) is 12.3.